The Balaban J connectivity index is 1.96. The van der Waals surface area contributed by atoms with Crippen molar-refractivity contribution >= 4 is 0 Å². The molecule has 0 unspecified atom stereocenters. The maximum absolute atomic E-state index is 2.41. The zero-order valence-electron chi connectivity index (χ0n) is 20.1. The number of hydrogen-bond donors (Lipinski definition) is 0. The van der Waals surface area contributed by atoms with Gasteiger partial charge in [-0.25, -0.2) is 0 Å². The molecule has 0 N–H and O–H groups in total. The molecule has 0 saturated heterocycles. The zero-order chi connectivity index (χ0) is 22.1. The van der Waals surface area contributed by atoms with Crippen LogP contribution < -0.4 is 0 Å². The number of rotatable bonds is 6. The lowest BCUT2D eigenvalue weighted by molar-refractivity contribution is 0.616. The minimum absolute atomic E-state index is 0.0386. The third kappa shape index (κ3) is 4.38. The second kappa shape index (κ2) is 8.42. The maximum atomic E-state index is 2.41. The van der Waals surface area contributed by atoms with Crippen LogP contribution in [0.3, 0.4) is 0 Å². The van der Waals surface area contributed by atoms with Gasteiger partial charge in [0.25, 0.3) is 0 Å². The third-order valence-corrected chi connectivity index (χ3v) is 6.90. The topological polar surface area (TPSA) is 0 Å². The molecule has 0 aliphatic carbocycles. The van der Waals surface area contributed by atoms with E-state index in [1.54, 1.807) is 0 Å². The summed E-state index contributed by atoms with van der Waals surface area (Å²) >= 11 is 0. The first-order valence-corrected chi connectivity index (χ1v) is 11.4. The predicted molar refractivity (Wildman–Crippen MR) is 132 cm³/mol. The Morgan fingerprint density at radius 2 is 0.800 bits per heavy atom. The van der Waals surface area contributed by atoms with E-state index in [1.165, 1.54) is 33.4 Å². The summed E-state index contributed by atoms with van der Waals surface area (Å²) in [5, 5.41) is 0. The Morgan fingerprint density at radius 3 is 1.10 bits per heavy atom. The van der Waals surface area contributed by atoms with Gasteiger partial charge in [-0.3, -0.25) is 0 Å². The van der Waals surface area contributed by atoms with E-state index >= 15 is 0 Å². The van der Waals surface area contributed by atoms with Gasteiger partial charge in [0.15, 0.2) is 0 Å². The molecule has 3 rings (SSSR count). The molecule has 0 amide bonds. The molecule has 0 fully saturated rings. The van der Waals surface area contributed by atoms with E-state index in [2.05, 4.69) is 128 Å². The first kappa shape index (κ1) is 22.3. The van der Waals surface area contributed by atoms with Crippen molar-refractivity contribution in [2.24, 2.45) is 0 Å². The normalized spacial score (nSPS) is 12.6. The molecule has 0 aliphatic heterocycles. The molecule has 0 aliphatic rings. The van der Waals surface area contributed by atoms with E-state index in [4.69, 9.17) is 0 Å². The minimum Gasteiger partial charge on any atom is -0.0617 e. The van der Waals surface area contributed by atoms with Gasteiger partial charge in [-0.15, -0.1) is 0 Å². The third-order valence-electron chi connectivity index (χ3n) is 6.90. The Labute approximate surface area is 184 Å². The van der Waals surface area contributed by atoms with Crippen molar-refractivity contribution in [1.29, 1.82) is 0 Å². The van der Waals surface area contributed by atoms with E-state index in [9.17, 15) is 0 Å². The van der Waals surface area contributed by atoms with Crippen LogP contribution in [0.4, 0.5) is 0 Å². The molecule has 0 heterocycles. The zero-order valence-corrected chi connectivity index (χ0v) is 20.1. The smallest absolute Gasteiger partial charge is 0.0146 e. The van der Waals surface area contributed by atoms with Gasteiger partial charge < -0.3 is 0 Å². The summed E-state index contributed by atoms with van der Waals surface area (Å²) in [6.07, 6.45) is 0. The van der Waals surface area contributed by atoms with Gasteiger partial charge in [0, 0.05) is 10.8 Å². The van der Waals surface area contributed by atoms with Gasteiger partial charge in [-0.2, -0.15) is 0 Å². The van der Waals surface area contributed by atoms with Crippen LogP contribution in [0.1, 0.15) is 101 Å². The first-order valence-electron chi connectivity index (χ1n) is 11.4. The SMILES string of the molecule is CC(C)c1ccc(C(C)(C)c2cccc(C(C)(C)c3ccc(C(C)C)cc3)c2)cc1. The van der Waals surface area contributed by atoms with Gasteiger partial charge in [0.1, 0.15) is 0 Å². The largest absolute Gasteiger partial charge is 0.0617 e. The second-order valence-corrected chi connectivity index (χ2v) is 10.4. The van der Waals surface area contributed by atoms with Crippen LogP contribution >= 0.6 is 0 Å². The lowest BCUT2D eigenvalue weighted by Gasteiger charge is -2.31. The van der Waals surface area contributed by atoms with E-state index in [0.29, 0.717) is 11.8 Å². The number of benzene rings is 3. The molecule has 0 nitrogen and oxygen atoms in total. The fourth-order valence-electron chi connectivity index (χ4n) is 4.20. The van der Waals surface area contributed by atoms with Crippen molar-refractivity contribution in [3.05, 3.63) is 106 Å². The summed E-state index contributed by atoms with van der Waals surface area (Å²) in [5.74, 6) is 1.13. The monoisotopic (exact) mass is 398 g/mol. The molecule has 3 aromatic rings. The van der Waals surface area contributed by atoms with Crippen LogP contribution in [0.25, 0.3) is 0 Å². The summed E-state index contributed by atoms with van der Waals surface area (Å²) in [7, 11) is 0. The average Bonchev–Trinajstić information content (AvgIpc) is 2.74. The summed E-state index contributed by atoms with van der Waals surface area (Å²) in [6.45, 7) is 18.3. The Morgan fingerprint density at radius 1 is 0.467 bits per heavy atom. The molecule has 0 bridgehead atoms. The molecule has 0 saturated carbocycles. The molecule has 0 atom stereocenters. The number of hydrogen-bond acceptors (Lipinski definition) is 0. The van der Waals surface area contributed by atoms with E-state index in [-0.39, 0.29) is 10.8 Å². The quantitative estimate of drug-likeness (QED) is 0.390. The van der Waals surface area contributed by atoms with Crippen LogP contribution in [-0.2, 0) is 10.8 Å². The highest BCUT2D eigenvalue weighted by molar-refractivity contribution is 5.45. The molecule has 3 aromatic carbocycles. The lowest BCUT2D eigenvalue weighted by Crippen LogP contribution is -2.23. The molecule has 0 radical (unpaired) electrons. The molecule has 0 heteroatoms. The Kier molecular flexibility index (Phi) is 6.27. The maximum Gasteiger partial charge on any atom is 0.0146 e. The second-order valence-electron chi connectivity index (χ2n) is 10.4. The first-order chi connectivity index (χ1) is 14.0. The summed E-state index contributed by atoms with van der Waals surface area (Å²) in [4.78, 5) is 0. The lowest BCUT2D eigenvalue weighted by atomic mass is 9.73. The van der Waals surface area contributed by atoms with E-state index in [0.717, 1.165) is 0 Å². The Bertz CT molecular complexity index is 889. The minimum atomic E-state index is -0.0386. The summed E-state index contributed by atoms with van der Waals surface area (Å²) in [6, 6.07) is 27.5. The van der Waals surface area contributed by atoms with Crippen LogP contribution in [0.5, 0.6) is 0 Å². The van der Waals surface area contributed by atoms with Crippen LogP contribution in [-0.4, -0.2) is 0 Å². The van der Waals surface area contributed by atoms with E-state index in [1.807, 2.05) is 0 Å². The highest BCUT2D eigenvalue weighted by Crippen LogP contribution is 2.37. The van der Waals surface area contributed by atoms with E-state index < -0.39 is 0 Å². The molecule has 0 aromatic heterocycles. The highest BCUT2D eigenvalue weighted by atomic mass is 14.3. The fourth-order valence-corrected chi connectivity index (χ4v) is 4.20. The molecule has 158 valence electrons. The van der Waals surface area contributed by atoms with Gasteiger partial charge in [0.2, 0.25) is 0 Å². The summed E-state index contributed by atoms with van der Waals surface area (Å²) < 4.78 is 0. The van der Waals surface area contributed by atoms with Crippen molar-refractivity contribution < 1.29 is 0 Å². The van der Waals surface area contributed by atoms with Crippen LogP contribution in [0.2, 0.25) is 0 Å². The Hall–Kier alpha value is -2.34. The van der Waals surface area contributed by atoms with Crippen molar-refractivity contribution in [3.8, 4) is 0 Å². The van der Waals surface area contributed by atoms with Gasteiger partial charge in [0.05, 0.1) is 0 Å². The van der Waals surface area contributed by atoms with Crippen molar-refractivity contribution in [3.63, 3.8) is 0 Å². The molecular formula is C30H38. The van der Waals surface area contributed by atoms with Crippen molar-refractivity contribution in [2.75, 3.05) is 0 Å². The molecule has 30 heavy (non-hydrogen) atoms. The van der Waals surface area contributed by atoms with Crippen LogP contribution in [0.15, 0.2) is 72.8 Å². The predicted octanol–water partition coefficient (Wildman–Crippen LogP) is 8.59. The standard InChI is InChI=1S/C30H38/c1-21(2)23-12-16-25(17-13-23)29(5,6)27-10-9-11-28(20-27)30(7,8)26-18-14-24(15-19-26)22(3)4/h9-22H,1-8H3. The average molecular weight is 399 g/mol. The summed E-state index contributed by atoms with van der Waals surface area (Å²) in [5.41, 5.74) is 8.18. The van der Waals surface area contributed by atoms with Crippen molar-refractivity contribution in [1.82, 2.24) is 0 Å². The molecule has 0 spiro atoms. The highest BCUT2D eigenvalue weighted by Gasteiger charge is 2.28. The van der Waals surface area contributed by atoms with Gasteiger partial charge in [-0.1, -0.05) is 128 Å². The van der Waals surface area contributed by atoms with Crippen molar-refractivity contribution in [2.45, 2.75) is 78.1 Å². The molecular weight excluding hydrogens is 360 g/mol. The fraction of sp³-hybridized carbons (Fsp3) is 0.400. The van der Waals surface area contributed by atoms with Crippen LogP contribution in [0, 0.1) is 0 Å². The van der Waals surface area contributed by atoms with Gasteiger partial charge >= 0.3 is 0 Å². The van der Waals surface area contributed by atoms with Gasteiger partial charge in [-0.05, 0) is 45.2 Å².